The van der Waals surface area contributed by atoms with Crippen LogP contribution >= 0.6 is 11.8 Å². The standard InChI is InChI=1S/C24H31N3O4S/c1-24(2)18-13-17(29)8-5-15(18)12-20(22(24)25)32-10-9-21(30)27-19(23(26)31)11-14-3-6-16(28)7-4-14/h3-8,13,19-20,22,28-29H,9-12,25H2,1-2H3,(H2,26,31)(H,27,30)/t19?,20-,22+/m0/s1. The molecule has 0 bridgehead atoms. The Morgan fingerprint density at radius 2 is 1.81 bits per heavy atom. The van der Waals surface area contributed by atoms with Crippen molar-refractivity contribution in [2.24, 2.45) is 11.5 Å². The largest absolute Gasteiger partial charge is 0.508 e. The number of hydrogen-bond acceptors (Lipinski definition) is 6. The van der Waals surface area contributed by atoms with E-state index in [0.717, 1.165) is 17.5 Å². The van der Waals surface area contributed by atoms with Gasteiger partial charge in [0.2, 0.25) is 11.8 Å². The van der Waals surface area contributed by atoms with E-state index in [1.54, 1.807) is 36.0 Å². The third-order valence-corrected chi connectivity index (χ3v) is 7.49. The maximum Gasteiger partial charge on any atom is 0.240 e. The van der Waals surface area contributed by atoms with Crippen molar-refractivity contribution in [2.75, 3.05) is 5.75 Å². The van der Waals surface area contributed by atoms with E-state index in [1.165, 1.54) is 17.7 Å². The molecule has 0 spiro atoms. The van der Waals surface area contributed by atoms with Crippen molar-refractivity contribution >= 4 is 23.6 Å². The van der Waals surface area contributed by atoms with Crippen LogP contribution in [0.5, 0.6) is 11.5 Å². The molecule has 2 aromatic carbocycles. The summed E-state index contributed by atoms with van der Waals surface area (Å²) in [6.07, 6.45) is 1.28. The Morgan fingerprint density at radius 1 is 1.16 bits per heavy atom. The average molecular weight is 458 g/mol. The zero-order valence-corrected chi connectivity index (χ0v) is 19.2. The van der Waals surface area contributed by atoms with Gasteiger partial charge in [-0.2, -0.15) is 11.8 Å². The summed E-state index contributed by atoms with van der Waals surface area (Å²) in [5.74, 6) is 0.0966. The number of amides is 2. The summed E-state index contributed by atoms with van der Waals surface area (Å²) in [5, 5.41) is 22.1. The lowest BCUT2D eigenvalue weighted by Gasteiger charge is -2.43. The van der Waals surface area contributed by atoms with Gasteiger partial charge in [-0.05, 0) is 47.4 Å². The minimum absolute atomic E-state index is 0.127. The number of thioether (sulfide) groups is 1. The Bertz CT molecular complexity index is 978. The van der Waals surface area contributed by atoms with Crippen LogP contribution in [0, 0.1) is 0 Å². The molecule has 1 aliphatic rings. The second-order valence-corrected chi connectivity index (χ2v) is 10.2. The highest BCUT2D eigenvalue weighted by atomic mass is 32.2. The number of carbonyl (C=O) groups is 2. The van der Waals surface area contributed by atoms with Gasteiger partial charge in [-0.15, -0.1) is 0 Å². The fraction of sp³-hybridized carbons (Fsp3) is 0.417. The van der Waals surface area contributed by atoms with E-state index in [4.69, 9.17) is 11.5 Å². The number of primary amides is 1. The highest BCUT2D eigenvalue weighted by Crippen LogP contribution is 2.41. The Labute approximate surface area is 192 Å². The molecule has 0 radical (unpaired) electrons. The maximum atomic E-state index is 12.5. The van der Waals surface area contributed by atoms with Crippen LogP contribution in [0.2, 0.25) is 0 Å². The number of carbonyl (C=O) groups excluding carboxylic acids is 2. The lowest BCUT2D eigenvalue weighted by atomic mass is 9.69. The summed E-state index contributed by atoms with van der Waals surface area (Å²) in [7, 11) is 0. The van der Waals surface area contributed by atoms with E-state index in [-0.39, 0.29) is 47.0 Å². The van der Waals surface area contributed by atoms with Gasteiger partial charge in [0.25, 0.3) is 0 Å². The molecule has 0 saturated heterocycles. The van der Waals surface area contributed by atoms with Gasteiger partial charge in [0.1, 0.15) is 17.5 Å². The lowest BCUT2D eigenvalue weighted by molar-refractivity contribution is -0.127. The summed E-state index contributed by atoms with van der Waals surface area (Å²) in [4.78, 5) is 24.3. The van der Waals surface area contributed by atoms with Gasteiger partial charge in [-0.1, -0.05) is 32.0 Å². The number of nitrogens with one attached hydrogen (secondary N) is 1. The first kappa shape index (κ1) is 23.9. The molecule has 0 fully saturated rings. The first-order chi connectivity index (χ1) is 15.1. The van der Waals surface area contributed by atoms with Crippen LogP contribution in [0.15, 0.2) is 42.5 Å². The van der Waals surface area contributed by atoms with Crippen LogP contribution in [0.4, 0.5) is 0 Å². The monoisotopic (exact) mass is 457 g/mol. The third kappa shape index (κ3) is 5.55. The molecule has 172 valence electrons. The van der Waals surface area contributed by atoms with Crippen LogP contribution in [0.25, 0.3) is 0 Å². The number of rotatable bonds is 8. The molecule has 1 unspecified atom stereocenters. The summed E-state index contributed by atoms with van der Waals surface area (Å²) >= 11 is 1.65. The van der Waals surface area contributed by atoms with E-state index in [0.29, 0.717) is 5.75 Å². The van der Waals surface area contributed by atoms with Crippen LogP contribution in [0.3, 0.4) is 0 Å². The summed E-state index contributed by atoms with van der Waals surface area (Å²) in [6.45, 7) is 4.16. The second kappa shape index (κ2) is 9.83. The summed E-state index contributed by atoms with van der Waals surface area (Å²) < 4.78 is 0. The third-order valence-electron chi connectivity index (χ3n) is 6.16. The number of hydrogen-bond donors (Lipinski definition) is 5. The number of phenols is 2. The first-order valence-corrected chi connectivity index (χ1v) is 11.7. The zero-order chi connectivity index (χ0) is 23.5. The lowest BCUT2D eigenvalue weighted by Crippen LogP contribution is -2.52. The molecule has 3 atom stereocenters. The van der Waals surface area contributed by atoms with E-state index in [9.17, 15) is 19.8 Å². The SMILES string of the molecule is CC1(C)c2cc(O)ccc2C[C@H](SCCC(=O)NC(Cc2ccc(O)cc2)C(N)=O)[C@H]1N. The summed E-state index contributed by atoms with van der Waals surface area (Å²) in [5.41, 5.74) is 14.8. The van der Waals surface area contributed by atoms with Gasteiger partial charge < -0.3 is 27.0 Å². The molecule has 8 heteroatoms. The molecule has 2 amide bonds. The topological polar surface area (TPSA) is 139 Å². The number of nitrogens with two attached hydrogens (primary N) is 2. The Balaban J connectivity index is 1.55. The van der Waals surface area contributed by atoms with Crippen molar-refractivity contribution in [1.29, 1.82) is 0 Å². The molecule has 7 N–H and O–H groups in total. The molecule has 7 nitrogen and oxygen atoms in total. The van der Waals surface area contributed by atoms with Gasteiger partial charge in [-0.3, -0.25) is 9.59 Å². The van der Waals surface area contributed by atoms with E-state index >= 15 is 0 Å². The van der Waals surface area contributed by atoms with Crippen molar-refractivity contribution in [3.63, 3.8) is 0 Å². The number of fused-ring (bicyclic) bond motifs is 1. The Morgan fingerprint density at radius 3 is 2.47 bits per heavy atom. The average Bonchev–Trinajstić information content (AvgIpc) is 2.73. The van der Waals surface area contributed by atoms with Crippen molar-refractivity contribution in [1.82, 2.24) is 5.32 Å². The second-order valence-electron chi connectivity index (χ2n) is 8.85. The molecule has 3 rings (SSSR count). The zero-order valence-electron chi connectivity index (χ0n) is 18.4. The van der Waals surface area contributed by atoms with Crippen LogP contribution in [-0.4, -0.2) is 45.1 Å². The van der Waals surface area contributed by atoms with E-state index in [2.05, 4.69) is 19.2 Å². The van der Waals surface area contributed by atoms with Gasteiger partial charge >= 0.3 is 0 Å². The molecule has 0 saturated carbocycles. The molecule has 0 aromatic heterocycles. The predicted octanol–water partition coefficient (Wildman–Crippen LogP) is 1.96. The molecular weight excluding hydrogens is 426 g/mol. The van der Waals surface area contributed by atoms with Gasteiger partial charge in [0.05, 0.1) is 0 Å². The minimum Gasteiger partial charge on any atom is -0.508 e. The normalized spacial score (nSPS) is 20.2. The number of phenolic OH excluding ortho intramolecular Hbond substituents is 2. The molecule has 32 heavy (non-hydrogen) atoms. The van der Waals surface area contributed by atoms with Crippen LogP contribution in [0.1, 0.15) is 37.0 Å². The van der Waals surface area contributed by atoms with E-state index in [1.807, 2.05) is 6.07 Å². The number of benzene rings is 2. The molecule has 2 aromatic rings. The maximum absolute atomic E-state index is 12.5. The van der Waals surface area contributed by atoms with Gasteiger partial charge in [0, 0.05) is 35.3 Å². The fourth-order valence-electron chi connectivity index (χ4n) is 4.15. The van der Waals surface area contributed by atoms with Gasteiger partial charge in [-0.25, -0.2) is 0 Å². The van der Waals surface area contributed by atoms with Gasteiger partial charge in [0.15, 0.2) is 0 Å². The van der Waals surface area contributed by atoms with Crippen LogP contribution < -0.4 is 16.8 Å². The van der Waals surface area contributed by atoms with Crippen LogP contribution in [-0.2, 0) is 27.8 Å². The Hall–Kier alpha value is -2.71. The molecular formula is C24H31N3O4S. The molecule has 0 heterocycles. The minimum atomic E-state index is -0.813. The number of aromatic hydroxyl groups is 2. The fourth-order valence-corrected chi connectivity index (χ4v) is 5.60. The quantitative estimate of drug-likeness (QED) is 0.411. The summed E-state index contributed by atoms with van der Waals surface area (Å²) in [6, 6.07) is 10.9. The van der Waals surface area contributed by atoms with Crippen molar-refractivity contribution in [3.05, 3.63) is 59.2 Å². The van der Waals surface area contributed by atoms with Crippen molar-refractivity contribution in [3.8, 4) is 11.5 Å². The van der Waals surface area contributed by atoms with E-state index < -0.39 is 11.9 Å². The molecule has 0 aliphatic heterocycles. The van der Waals surface area contributed by atoms with Crippen molar-refractivity contribution < 1.29 is 19.8 Å². The predicted molar refractivity (Wildman–Crippen MR) is 127 cm³/mol. The highest BCUT2D eigenvalue weighted by Gasteiger charge is 2.40. The highest BCUT2D eigenvalue weighted by molar-refractivity contribution is 8.00. The van der Waals surface area contributed by atoms with Crippen molar-refractivity contribution in [2.45, 2.75) is 55.9 Å². The first-order valence-electron chi connectivity index (χ1n) is 10.6. The molecule has 1 aliphatic carbocycles. The smallest absolute Gasteiger partial charge is 0.240 e. The Kier molecular flexibility index (Phi) is 7.36.